The van der Waals surface area contributed by atoms with Gasteiger partial charge in [0.1, 0.15) is 17.3 Å². The number of H-pyrrole nitrogens is 2. The topological polar surface area (TPSA) is 75.8 Å². The number of rotatable bonds is 7. The van der Waals surface area contributed by atoms with Crippen molar-refractivity contribution in [2.45, 2.75) is 20.3 Å². The van der Waals surface area contributed by atoms with Crippen molar-refractivity contribution >= 4 is 33.7 Å². The van der Waals surface area contributed by atoms with Gasteiger partial charge in [0, 0.05) is 36.7 Å². The van der Waals surface area contributed by atoms with E-state index in [0.29, 0.717) is 47.2 Å². The average molecular weight is 467 g/mol. The van der Waals surface area contributed by atoms with Crippen LogP contribution in [0.4, 0.5) is 4.39 Å². The number of ether oxygens (including phenoxy) is 2. The molecule has 33 heavy (non-hydrogen) atoms. The van der Waals surface area contributed by atoms with Crippen LogP contribution >= 0.6 is 11.6 Å². The molecule has 0 atom stereocenters. The standard InChI is InChI=1S/C24H20ClFN4O2.CH4/c1-31-21-9-14(8-15-12-27-24-17(15)10-16(25)13-28-24)18(26)11-22(21)32-7-6-23-29-19-4-2-3-5-20(19)30-23;/h2-5,9-13H,6-8H2,1H3,(H,27,28)(H,29,30);1H4. The molecule has 0 aliphatic carbocycles. The van der Waals surface area contributed by atoms with Crippen LogP contribution in [0.15, 0.2) is 54.9 Å². The lowest BCUT2D eigenvalue weighted by molar-refractivity contribution is 0.293. The van der Waals surface area contributed by atoms with Gasteiger partial charge in [0.25, 0.3) is 0 Å². The number of para-hydroxylation sites is 2. The molecule has 0 amide bonds. The van der Waals surface area contributed by atoms with E-state index in [4.69, 9.17) is 21.1 Å². The fraction of sp³-hybridized carbons (Fsp3) is 0.200. The molecule has 0 spiro atoms. The number of aromatic amines is 2. The number of imidazole rings is 1. The molecule has 8 heteroatoms. The van der Waals surface area contributed by atoms with E-state index in [1.807, 2.05) is 36.5 Å². The van der Waals surface area contributed by atoms with Gasteiger partial charge in [0.05, 0.1) is 29.8 Å². The minimum atomic E-state index is -0.367. The molecule has 3 heterocycles. The Balaban J connectivity index is 0.00000259. The highest BCUT2D eigenvalue weighted by Gasteiger charge is 2.15. The summed E-state index contributed by atoms with van der Waals surface area (Å²) in [6, 6.07) is 12.7. The number of pyridine rings is 1. The van der Waals surface area contributed by atoms with Crippen LogP contribution in [0.5, 0.6) is 11.5 Å². The number of hydrogen-bond donors (Lipinski definition) is 2. The number of fused-ring (bicyclic) bond motifs is 2. The third kappa shape index (κ3) is 4.64. The zero-order valence-corrected chi connectivity index (χ0v) is 18.0. The molecule has 2 aromatic carbocycles. The van der Waals surface area contributed by atoms with Crippen molar-refractivity contribution in [1.29, 1.82) is 0 Å². The van der Waals surface area contributed by atoms with E-state index in [1.54, 1.807) is 19.4 Å². The van der Waals surface area contributed by atoms with Crippen molar-refractivity contribution in [1.82, 2.24) is 19.9 Å². The normalized spacial score (nSPS) is 11.0. The second-order valence-corrected chi connectivity index (χ2v) is 7.87. The first-order chi connectivity index (χ1) is 15.6. The second kappa shape index (κ2) is 9.50. The largest absolute Gasteiger partial charge is 0.493 e. The van der Waals surface area contributed by atoms with Gasteiger partial charge in [-0.15, -0.1) is 0 Å². The number of nitrogens with zero attached hydrogens (tertiary/aromatic N) is 2. The summed E-state index contributed by atoms with van der Waals surface area (Å²) in [4.78, 5) is 15.1. The molecule has 2 N–H and O–H groups in total. The number of halogens is 2. The van der Waals surface area contributed by atoms with E-state index in [1.165, 1.54) is 6.07 Å². The van der Waals surface area contributed by atoms with Crippen LogP contribution < -0.4 is 9.47 Å². The molecular formula is C25H24ClFN4O2. The number of hydrogen-bond acceptors (Lipinski definition) is 4. The number of benzene rings is 2. The summed E-state index contributed by atoms with van der Waals surface area (Å²) in [7, 11) is 1.54. The van der Waals surface area contributed by atoms with Crippen molar-refractivity contribution in [3.8, 4) is 11.5 Å². The van der Waals surface area contributed by atoms with Crippen molar-refractivity contribution in [3.63, 3.8) is 0 Å². The predicted octanol–water partition coefficient (Wildman–Crippen LogP) is 6.09. The first kappa shape index (κ1) is 22.6. The highest BCUT2D eigenvalue weighted by molar-refractivity contribution is 6.31. The molecule has 0 saturated carbocycles. The molecule has 0 aliphatic rings. The second-order valence-electron chi connectivity index (χ2n) is 7.43. The van der Waals surface area contributed by atoms with Crippen molar-refractivity contribution in [2.75, 3.05) is 13.7 Å². The summed E-state index contributed by atoms with van der Waals surface area (Å²) in [6.45, 7) is 0.335. The molecule has 3 aromatic heterocycles. The molecule has 170 valence electrons. The Kier molecular flexibility index (Phi) is 6.51. The smallest absolute Gasteiger partial charge is 0.164 e. The minimum absolute atomic E-state index is 0. The molecule has 5 aromatic rings. The highest BCUT2D eigenvalue weighted by atomic mass is 35.5. The fourth-order valence-electron chi connectivity index (χ4n) is 3.75. The maximum absolute atomic E-state index is 14.9. The van der Waals surface area contributed by atoms with Crippen LogP contribution in [0.1, 0.15) is 24.4 Å². The van der Waals surface area contributed by atoms with Gasteiger partial charge in [-0.3, -0.25) is 0 Å². The van der Waals surface area contributed by atoms with Gasteiger partial charge in [-0.25, -0.2) is 14.4 Å². The van der Waals surface area contributed by atoms with Gasteiger partial charge in [-0.2, -0.15) is 0 Å². The third-order valence-electron chi connectivity index (χ3n) is 5.33. The molecule has 0 unspecified atom stereocenters. The Morgan fingerprint density at radius 1 is 1.09 bits per heavy atom. The van der Waals surface area contributed by atoms with Crippen LogP contribution in [-0.2, 0) is 12.8 Å². The Hall–Kier alpha value is -3.58. The van der Waals surface area contributed by atoms with Crippen molar-refractivity contribution in [3.05, 3.63) is 82.6 Å². The van der Waals surface area contributed by atoms with Gasteiger partial charge in [0.15, 0.2) is 11.5 Å². The van der Waals surface area contributed by atoms with Gasteiger partial charge in [0.2, 0.25) is 0 Å². The lowest BCUT2D eigenvalue weighted by Gasteiger charge is -2.13. The van der Waals surface area contributed by atoms with Gasteiger partial charge in [-0.1, -0.05) is 31.2 Å². The maximum atomic E-state index is 14.9. The molecule has 0 saturated heterocycles. The molecule has 0 radical (unpaired) electrons. The van der Waals surface area contributed by atoms with E-state index in [9.17, 15) is 4.39 Å². The molecule has 6 nitrogen and oxygen atoms in total. The van der Waals surface area contributed by atoms with Crippen LogP contribution in [0.25, 0.3) is 22.1 Å². The number of nitrogens with one attached hydrogen (secondary N) is 2. The van der Waals surface area contributed by atoms with E-state index in [0.717, 1.165) is 27.8 Å². The molecule has 5 rings (SSSR count). The summed E-state index contributed by atoms with van der Waals surface area (Å²) < 4.78 is 26.2. The third-order valence-corrected chi connectivity index (χ3v) is 5.54. The van der Waals surface area contributed by atoms with Gasteiger partial charge >= 0.3 is 0 Å². The van der Waals surface area contributed by atoms with Crippen LogP contribution in [-0.4, -0.2) is 33.7 Å². The van der Waals surface area contributed by atoms with Gasteiger partial charge in [-0.05, 0) is 35.4 Å². The lowest BCUT2D eigenvalue weighted by atomic mass is 10.0. The monoisotopic (exact) mass is 466 g/mol. The number of methoxy groups -OCH3 is 1. The Bertz CT molecular complexity index is 1380. The van der Waals surface area contributed by atoms with E-state index in [2.05, 4.69) is 19.9 Å². The van der Waals surface area contributed by atoms with Gasteiger partial charge < -0.3 is 19.4 Å². The van der Waals surface area contributed by atoms with Crippen molar-refractivity contribution < 1.29 is 13.9 Å². The summed E-state index contributed by atoms with van der Waals surface area (Å²) >= 11 is 6.07. The average Bonchev–Trinajstić information content (AvgIpc) is 3.38. The maximum Gasteiger partial charge on any atom is 0.164 e. The molecule has 0 fully saturated rings. The Morgan fingerprint density at radius 2 is 1.94 bits per heavy atom. The Labute approximate surface area is 195 Å². The first-order valence-electron chi connectivity index (χ1n) is 10.1. The van der Waals surface area contributed by atoms with Crippen LogP contribution in [0, 0.1) is 5.82 Å². The van der Waals surface area contributed by atoms with E-state index in [-0.39, 0.29) is 13.2 Å². The first-order valence-corrected chi connectivity index (χ1v) is 10.5. The number of aromatic nitrogens is 4. The quantitative estimate of drug-likeness (QED) is 0.304. The van der Waals surface area contributed by atoms with E-state index < -0.39 is 0 Å². The van der Waals surface area contributed by atoms with E-state index >= 15 is 0 Å². The summed E-state index contributed by atoms with van der Waals surface area (Å²) in [5.41, 5.74) is 3.98. The van der Waals surface area contributed by atoms with Crippen LogP contribution in [0.3, 0.4) is 0 Å². The lowest BCUT2D eigenvalue weighted by Crippen LogP contribution is -2.05. The zero-order chi connectivity index (χ0) is 22.1. The summed E-state index contributed by atoms with van der Waals surface area (Å²) in [5.74, 6) is 1.28. The minimum Gasteiger partial charge on any atom is -0.493 e. The molecule has 0 bridgehead atoms. The summed E-state index contributed by atoms with van der Waals surface area (Å²) in [6.07, 6.45) is 4.32. The molecule has 0 aliphatic heterocycles. The summed E-state index contributed by atoms with van der Waals surface area (Å²) in [5, 5.41) is 1.40. The SMILES string of the molecule is C.COc1cc(Cc2c[nH]c3ncc(Cl)cc23)c(F)cc1OCCc1nc2ccccc2[nH]1. The highest BCUT2D eigenvalue weighted by Crippen LogP contribution is 2.32. The molecular weight excluding hydrogens is 443 g/mol. The van der Waals surface area contributed by atoms with Crippen molar-refractivity contribution in [2.24, 2.45) is 0 Å². The predicted molar refractivity (Wildman–Crippen MR) is 129 cm³/mol. The Morgan fingerprint density at radius 3 is 2.76 bits per heavy atom. The van der Waals surface area contributed by atoms with Crippen LogP contribution in [0.2, 0.25) is 5.02 Å². The zero-order valence-electron chi connectivity index (χ0n) is 17.3. The fourth-order valence-corrected chi connectivity index (χ4v) is 3.91.